The average Bonchev–Trinajstić information content (AvgIpc) is 2.89. The summed E-state index contributed by atoms with van der Waals surface area (Å²) in [5.74, 6) is 12.0. The number of hydrazine groups is 2. The zero-order valence-corrected chi connectivity index (χ0v) is 22.3. The number of hydrogen-bond donors (Lipinski definition) is 4. The van der Waals surface area contributed by atoms with Crippen LogP contribution in [0.25, 0.3) is 22.3 Å². The minimum absolute atomic E-state index is 0.0282. The number of benzene rings is 2. The van der Waals surface area contributed by atoms with E-state index in [9.17, 15) is 9.90 Å². The van der Waals surface area contributed by atoms with Gasteiger partial charge in [-0.3, -0.25) is 15.6 Å². The van der Waals surface area contributed by atoms with Crippen molar-refractivity contribution in [2.24, 2.45) is 17.4 Å². The summed E-state index contributed by atoms with van der Waals surface area (Å²) in [7, 11) is 1.90. The van der Waals surface area contributed by atoms with Crippen molar-refractivity contribution in [2.75, 3.05) is 26.7 Å². The zero-order chi connectivity index (χ0) is 27.3. The van der Waals surface area contributed by atoms with E-state index in [0.29, 0.717) is 23.4 Å². The highest BCUT2D eigenvalue weighted by molar-refractivity contribution is 5.86. The van der Waals surface area contributed by atoms with E-state index in [1.54, 1.807) is 16.2 Å². The van der Waals surface area contributed by atoms with Gasteiger partial charge in [-0.05, 0) is 25.0 Å². The minimum atomic E-state index is -0.231. The van der Waals surface area contributed by atoms with Crippen LogP contribution in [-0.4, -0.2) is 41.9 Å². The molecule has 3 rings (SSSR count). The lowest BCUT2D eigenvalue weighted by Gasteiger charge is -2.16. The number of nitrogens with two attached hydrogens (primary N) is 3. The molecule has 0 bridgehead atoms. The molecular formula is C29H41N5O4. The maximum absolute atomic E-state index is 12.7. The normalized spacial score (nSPS) is 11.8. The highest BCUT2D eigenvalue weighted by atomic mass is 16.5. The zero-order valence-electron chi connectivity index (χ0n) is 22.3. The van der Waals surface area contributed by atoms with Crippen molar-refractivity contribution in [3.63, 3.8) is 0 Å². The molecule has 38 heavy (non-hydrogen) atoms. The summed E-state index contributed by atoms with van der Waals surface area (Å²) in [6, 6.07) is 13.6. The van der Waals surface area contributed by atoms with Crippen LogP contribution in [0.15, 0.2) is 69.6 Å². The van der Waals surface area contributed by atoms with Crippen molar-refractivity contribution in [2.45, 2.75) is 51.4 Å². The smallest absolute Gasteiger partial charge is 0.205 e. The Balaban J connectivity index is 1.49. The molecule has 0 aliphatic heterocycles. The predicted molar refractivity (Wildman–Crippen MR) is 152 cm³/mol. The largest absolute Gasteiger partial charge is 0.504 e. The number of unbranched alkanes of at least 4 members (excludes halogenated alkanes) is 7. The number of rotatable bonds is 16. The summed E-state index contributed by atoms with van der Waals surface area (Å²) in [5.41, 5.74) is 7.19. The van der Waals surface area contributed by atoms with Crippen molar-refractivity contribution in [3.05, 3.63) is 70.7 Å². The molecule has 3 aromatic rings. The van der Waals surface area contributed by atoms with E-state index >= 15 is 0 Å². The van der Waals surface area contributed by atoms with E-state index in [-0.39, 0.29) is 29.1 Å². The summed E-state index contributed by atoms with van der Waals surface area (Å²) in [4.78, 5) is 12.7. The first-order valence-corrected chi connectivity index (χ1v) is 13.3. The Hall–Kier alpha value is -3.53. The predicted octanol–water partition coefficient (Wildman–Crippen LogP) is 4.45. The lowest BCUT2D eigenvalue weighted by atomic mass is 10.1. The fourth-order valence-corrected chi connectivity index (χ4v) is 4.25. The van der Waals surface area contributed by atoms with Crippen LogP contribution in [0.2, 0.25) is 0 Å². The van der Waals surface area contributed by atoms with Crippen molar-refractivity contribution < 1.29 is 14.3 Å². The van der Waals surface area contributed by atoms with E-state index < -0.39 is 0 Å². The lowest BCUT2D eigenvalue weighted by molar-refractivity contribution is 0.316. The van der Waals surface area contributed by atoms with Crippen LogP contribution in [0.3, 0.4) is 0 Å². The van der Waals surface area contributed by atoms with Gasteiger partial charge in [0, 0.05) is 38.0 Å². The summed E-state index contributed by atoms with van der Waals surface area (Å²) >= 11 is 0. The quantitative estimate of drug-likeness (QED) is 0.122. The Morgan fingerprint density at radius 3 is 2.24 bits per heavy atom. The molecule has 2 aromatic carbocycles. The molecule has 0 atom stereocenters. The molecule has 0 saturated heterocycles. The van der Waals surface area contributed by atoms with E-state index in [1.807, 2.05) is 37.4 Å². The fraction of sp³-hybridized carbons (Fsp3) is 0.414. The molecule has 0 radical (unpaired) electrons. The highest BCUT2D eigenvalue weighted by Crippen LogP contribution is 2.35. The van der Waals surface area contributed by atoms with E-state index in [1.165, 1.54) is 50.3 Å². The summed E-state index contributed by atoms with van der Waals surface area (Å²) in [6.07, 6.45) is 11.0. The van der Waals surface area contributed by atoms with Crippen molar-refractivity contribution in [3.8, 4) is 22.8 Å². The second-order valence-corrected chi connectivity index (χ2v) is 9.67. The third-order valence-corrected chi connectivity index (χ3v) is 6.28. The topological polar surface area (TPSA) is 144 Å². The molecule has 1 heterocycles. The monoisotopic (exact) mass is 523 g/mol. The summed E-state index contributed by atoms with van der Waals surface area (Å²) in [6.45, 7) is 1.60. The van der Waals surface area contributed by atoms with Gasteiger partial charge >= 0.3 is 0 Å². The molecule has 1 aromatic heterocycles. The van der Waals surface area contributed by atoms with Crippen molar-refractivity contribution in [1.82, 2.24) is 10.0 Å². The van der Waals surface area contributed by atoms with Crippen LogP contribution in [0.4, 0.5) is 0 Å². The van der Waals surface area contributed by atoms with E-state index in [4.69, 9.17) is 26.6 Å². The summed E-state index contributed by atoms with van der Waals surface area (Å²) in [5, 5.41) is 14.0. The van der Waals surface area contributed by atoms with Gasteiger partial charge in [0.15, 0.2) is 16.8 Å². The Kier molecular flexibility index (Phi) is 11.5. The molecule has 0 aliphatic rings. The fourth-order valence-electron chi connectivity index (χ4n) is 4.25. The van der Waals surface area contributed by atoms with Crippen LogP contribution in [0, 0.1) is 0 Å². The SMILES string of the molecule is CN(N)CCCCCCCCCCN(N)/C=C(\N)COc1c(O)ccc2c(=O)cc(-c3ccccc3)oc12. The molecule has 0 unspecified atom stereocenters. The number of hydrogen-bond acceptors (Lipinski definition) is 9. The second kappa shape index (κ2) is 15.0. The maximum atomic E-state index is 12.7. The van der Waals surface area contributed by atoms with Gasteiger partial charge < -0.3 is 25.0 Å². The molecule has 0 aliphatic carbocycles. The first-order chi connectivity index (χ1) is 18.3. The standard InChI is InChI=1S/C29H41N5O4/c1-33(31)17-11-6-4-2-3-5-7-12-18-34(32)20-23(30)21-37-29-25(35)16-15-24-26(36)19-27(38-28(24)29)22-13-9-8-10-14-22/h8-10,13-16,19-20,35H,2-7,11-12,17-18,21,30-32H2,1H3/b23-20-. The molecule has 206 valence electrons. The van der Waals surface area contributed by atoms with Gasteiger partial charge in [0.25, 0.3) is 0 Å². The minimum Gasteiger partial charge on any atom is -0.504 e. The average molecular weight is 524 g/mol. The Labute approximate surface area is 224 Å². The van der Waals surface area contributed by atoms with E-state index in [0.717, 1.165) is 31.4 Å². The Bertz CT molecular complexity index is 1230. The number of aromatic hydroxyl groups is 1. The van der Waals surface area contributed by atoms with Gasteiger partial charge in [-0.15, -0.1) is 0 Å². The molecule has 9 heteroatoms. The van der Waals surface area contributed by atoms with Gasteiger partial charge in [0.2, 0.25) is 5.75 Å². The lowest BCUT2D eigenvalue weighted by Crippen LogP contribution is -2.28. The van der Waals surface area contributed by atoms with Gasteiger partial charge in [0.05, 0.1) is 11.1 Å². The molecule has 0 saturated carbocycles. The van der Waals surface area contributed by atoms with Crippen LogP contribution in [0.5, 0.6) is 11.5 Å². The Morgan fingerprint density at radius 1 is 0.947 bits per heavy atom. The van der Waals surface area contributed by atoms with Gasteiger partial charge in [-0.2, -0.15) is 0 Å². The number of fused-ring (bicyclic) bond motifs is 1. The molecular weight excluding hydrogens is 482 g/mol. The maximum Gasteiger partial charge on any atom is 0.205 e. The van der Waals surface area contributed by atoms with Crippen LogP contribution in [0.1, 0.15) is 51.4 Å². The molecule has 0 spiro atoms. The third-order valence-electron chi connectivity index (χ3n) is 6.28. The Morgan fingerprint density at radius 2 is 1.58 bits per heavy atom. The second-order valence-electron chi connectivity index (χ2n) is 9.67. The van der Waals surface area contributed by atoms with Crippen LogP contribution in [-0.2, 0) is 0 Å². The third kappa shape index (κ3) is 9.09. The highest BCUT2D eigenvalue weighted by Gasteiger charge is 2.16. The van der Waals surface area contributed by atoms with Crippen LogP contribution >= 0.6 is 0 Å². The number of nitrogens with zero attached hydrogens (tertiary/aromatic N) is 2. The first-order valence-electron chi connectivity index (χ1n) is 13.3. The van der Waals surface area contributed by atoms with Crippen LogP contribution < -0.4 is 27.6 Å². The molecule has 9 nitrogen and oxygen atoms in total. The van der Waals surface area contributed by atoms with E-state index in [2.05, 4.69) is 0 Å². The van der Waals surface area contributed by atoms with Crippen molar-refractivity contribution in [1.29, 1.82) is 0 Å². The molecule has 0 amide bonds. The van der Waals surface area contributed by atoms with Crippen molar-refractivity contribution >= 4 is 11.0 Å². The molecule has 7 N–H and O–H groups in total. The summed E-state index contributed by atoms with van der Waals surface area (Å²) < 4.78 is 11.8. The van der Waals surface area contributed by atoms with Gasteiger partial charge in [-0.25, -0.2) is 5.84 Å². The number of ether oxygens (including phenoxy) is 1. The first kappa shape index (κ1) is 29.0. The number of phenols is 1. The number of phenolic OH excluding ortho intramolecular Hbond substituents is 1. The van der Waals surface area contributed by atoms with Gasteiger partial charge in [-0.1, -0.05) is 68.9 Å². The molecule has 0 fully saturated rings. The van der Waals surface area contributed by atoms with Gasteiger partial charge in [0.1, 0.15) is 12.4 Å².